The van der Waals surface area contributed by atoms with E-state index in [0.29, 0.717) is 5.84 Å². The van der Waals surface area contributed by atoms with Crippen LogP contribution < -0.4 is 11.5 Å². The van der Waals surface area contributed by atoms with E-state index in [1.165, 1.54) is 44.9 Å². The maximum absolute atomic E-state index is 7.09. The van der Waals surface area contributed by atoms with Gasteiger partial charge in [-0.1, -0.05) is 31.4 Å². The molecule has 5 N–H and O–H groups in total. The molecule has 3 nitrogen and oxygen atoms in total. The van der Waals surface area contributed by atoms with Gasteiger partial charge in [-0.3, -0.25) is 5.41 Å². The minimum absolute atomic E-state index is 0.322. The highest BCUT2D eigenvalue weighted by Crippen LogP contribution is 2.06. The first-order valence-electron chi connectivity index (χ1n) is 6.95. The molecule has 0 aliphatic rings. The second-order valence-corrected chi connectivity index (χ2v) is 4.59. The Balaban J connectivity index is 3.06. The number of nitrogens with one attached hydrogen (secondary N) is 1. The molecule has 0 saturated heterocycles. The minimum atomic E-state index is 0.322. The molecule has 0 fully saturated rings. The van der Waals surface area contributed by atoms with Gasteiger partial charge in [0.15, 0.2) is 0 Å². The van der Waals surface area contributed by atoms with E-state index >= 15 is 0 Å². The number of unbranched alkanes of at least 4 members (excludes halogenated alkanes) is 7. The third-order valence-corrected chi connectivity index (χ3v) is 2.81. The van der Waals surface area contributed by atoms with Crippen molar-refractivity contribution in [1.82, 2.24) is 0 Å². The van der Waals surface area contributed by atoms with E-state index in [1.54, 1.807) is 0 Å². The van der Waals surface area contributed by atoms with E-state index in [-0.39, 0.29) is 0 Å². The predicted molar refractivity (Wildman–Crippen MR) is 76.3 cm³/mol. The number of rotatable bonds is 12. The van der Waals surface area contributed by atoms with Crippen molar-refractivity contribution in [2.45, 2.75) is 64.2 Å². The van der Waals surface area contributed by atoms with Crippen LogP contribution in [0.15, 0.2) is 12.2 Å². The number of nitrogens with two attached hydrogens (primary N) is 2. The Labute approximate surface area is 106 Å². The third kappa shape index (κ3) is 15.2. The minimum Gasteiger partial charge on any atom is -0.388 e. The third-order valence-electron chi connectivity index (χ3n) is 2.81. The maximum atomic E-state index is 7.09. The molecule has 0 aromatic rings. The highest BCUT2D eigenvalue weighted by molar-refractivity contribution is 5.76. The average molecular weight is 239 g/mol. The van der Waals surface area contributed by atoms with Crippen LogP contribution in [0.3, 0.4) is 0 Å². The summed E-state index contributed by atoms with van der Waals surface area (Å²) in [6.07, 6.45) is 16.2. The van der Waals surface area contributed by atoms with Gasteiger partial charge in [0.1, 0.15) is 0 Å². The molecule has 0 saturated carbocycles. The molecule has 0 rings (SSSR count). The fourth-order valence-corrected chi connectivity index (χ4v) is 1.75. The number of hydrogen-bond donors (Lipinski definition) is 3. The van der Waals surface area contributed by atoms with Gasteiger partial charge < -0.3 is 11.5 Å². The Hall–Kier alpha value is -0.830. The summed E-state index contributed by atoms with van der Waals surface area (Å²) in [4.78, 5) is 0. The Bertz CT molecular complexity index is 200. The lowest BCUT2D eigenvalue weighted by Gasteiger charge is -1.98. The van der Waals surface area contributed by atoms with Gasteiger partial charge in [-0.2, -0.15) is 0 Å². The molecule has 0 bridgehead atoms. The second kappa shape index (κ2) is 13.2. The van der Waals surface area contributed by atoms with Gasteiger partial charge in [-0.25, -0.2) is 0 Å². The van der Waals surface area contributed by atoms with Crippen molar-refractivity contribution in [3.63, 3.8) is 0 Å². The molecule has 0 aliphatic carbocycles. The molecule has 17 heavy (non-hydrogen) atoms. The number of hydrogen-bond acceptors (Lipinski definition) is 2. The van der Waals surface area contributed by atoms with Gasteiger partial charge in [0.25, 0.3) is 0 Å². The summed E-state index contributed by atoms with van der Waals surface area (Å²) in [5, 5.41) is 7.09. The Kier molecular flexibility index (Phi) is 12.6. The van der Waals surface area contributed by atoms with Crippen molar-refractivity contribution in [3.05, 3.63) is 12.2 Å². The standard InChI is InChI=1S/C14H29N3/c15-13-11-9-7-5-3-1-2-4-6-8-10-12-14(16)17/h1,3H,2,4-13,15H2,(H3,16,17). The molecule has 0 aromatic heterocycles. The largest absolute Gasteiger partial charge is 0.388 e. The molecule has 0 unspecified atom stereocenters. The molecule has 0 aromatic carbocycles. The van der Waals surface area contributed by atoms with Gasteiger partial charge in [0.05, 0.1) is 5.84 Å². The number of allylic oxidation sites excluding steroid dienone is 2. The second-order valence-electron chi connectivity index (χ2n) is 4.59. The summed E-state index contributed by atoms with van der Waals surface area (Å²) in [6, 6.07) is 0. The van der Waals surface area contributed by atoms with Crippen molar-refractivity contribution < 1.29 is 0 Å². The van der Waals surface area contributed by atoms with E-state index in [9.17, 15) is 0 Å². The molecular weight excluding hydrogens is 210 g/mol. The van der Waals surface area contributed by atoms with Gasteiger partial charge in [-0.05, 0) is 45.1 Å². The summed E-state index contributed by atoms with van der Waals surface area (Å²) in [7, 11) is 0. The van der Waals surface area contributed by atoms with E-state index in [1.807, 2.05) is 0 Å². The molecule has 0 spiro atoms. The molecular formula is C14H29N3. The van der Waals surface area contributed by atoms with E-state index < -0.39 is 0 Å². The molecule has 3 heteroatoms. The zero-order valence-corrected chi connectivity index (χ0v) is 11.1. The van der Waals surface area contributed by atoms with E-state index in [2.05, 4.69) is 12.2 Å². The zero-order chi connectivity index (χ0) is 12.8. The lowest BCUT2D eigenvalue weighted by molar-refractivity contribution is 0.655. The molecule has 0 heterocycles. The summed E-state index contributed by atoms with van der Waals surface area (Å²) < 4.78 is 0. The van der Waals surface area contributed by atoms with E-state index in [4.69, 9.17) is 16.9 Å². The lowest BCUT2D eigenvalue weighted by atomic mass is 10.1. The summed E-state index contributed by atoms with van der Waals surface area (Å²) >= 11 is 0. The number of amidine groups is 1. The van der Waals surface area contributed by atoms with Gasteiger partial charge in [0, 0.05) is 6.42 Å². The van der Waals surface area contributed by atoms with Gasteiger partial charge in [-0.15, -0.1) is 0 Å². The smallest absolute Gasteiger partial charge is 0.0905 e. The Morgan fingerprint density at radius 3 is 1.88 bits per heavy atom. The fourth-order valence-electron chi connectivity index (χ4n) is 1.75. The fraction of sp³-hybridized carbons (Fsp3) is 0.786. The van der Waals surface area contributed by atoms with Crippen molar-refractivity contribution in [1.29, 1.82) is 5.41 Å². The van der Waals surface area contributed by atoms with Crippen molar-refractivity contribution in [3.8, 4) is 0 Å². The molecule has 0 atom stereocenters. The van der Waals surface area contributed by atoms with Crippen LogP contribution in [0.4, 0.5) is 0 Å². The maximum Gasteiger partial charge on any atom is 0.0905 e. The van der Waals surface area contributed by atoms with E-state index in [0.717, 1.165) is 25.8 Å². The SMILES string of the molecule is N=C(N)CCCCCCC=CCCCCCN. The van der Waals surface area contributed by atoms with Crippen LogP contribution in [0, 0.1) is 5.41 Å². The molecule has 0 amide bonds. The van der Waals surface area contributed by atoms with Crippen molar-refractivity contribution in [2.75, 3.05) is 6.54 Å². The molecule has 0 radical (unpaired) electrons. The summed E-state index contributed by atoms with van der Waals surface area (Å²) in [5.74, 6) is 0.322. The molecule has 100 valence electrons. The van der Waals surface area contributed by atoms with Crippen LogP contribution in [0.2, 0.25) is 0 Å². The zero-order valence-electron chi connectivity index (χ0n) is 11.1. The van der Waals surface area contributed by atoms with Crippen LogP contribution >= 0.6 is 0 Å². The highest BCUT2D eigenvalue weighted by Gasteiger charge is 1.91. The van der Waals surface area contributed by atoms with Crippen LogP contribution in [0.25, 0.3) is 0 Å². The normalized spacial score (nSPS) is 11.1. The first-order chi connectivity index (χ1) is 8.27. The van der Waals surface area contributed by atoms with Crippen LogP contribution in [-0.2, 0) is 0 Å². The first kappa shape index (κ1) is 16.2. The van der Waals surface area contributed by atoms with Crippen LogP contribution in [0.1, 0.15) is 64.2 Å². The monoisotopic (exact) mass is 239 g/mol. The lowest BCUT2D eigenvalue weighted by Crippen LogP contribution is -2.08. The van der Waals surface area contributed by atoms with Gasteiger partial charge in [0.2, 0.25) is 0 Å². The van der Waals surface area contributed by atoms with Crippen LogP contribution in [0.5, 0.6) is 0 Å². The predicted octanol–water partition coefficient (Wildman–Crippen LogP) is 3.34. The summed E-state index contributed by atoms with van der Waals surface area (Å²) in [5.41, 5.74) is 10.7. The average Bonchev–Trinajstić information content (AvgIpc) is 2.30. The van der Waals surface area contributed by atoms with Crippen molar-refractivity contribution >= 4 is 5.84 Å². The van der Waals surface area contributed by atoms with Crippen molar-refractivity contribution in [2.24, 2.45) is 11.5 Å². The van der Waals surface area contributed by atoms with Gasteiger partial charge >= 0.3 is 0 Å². The molecule has 0 aliphatic heterocycles. The Morgan fingerprint density at radius 1 is 0.824 bits per heavy atom. The quantitative estimate of drug-likeness (QED) is 0.211. The van der Waals surface area contributed by atoms with Crippen LogP contribution in [-0.4, -0.2) is 12.4 Å². The Morgan fingerprint density at radius 2 is 1.35 bits per heavy atom. The topological polar surface area (TPSA) is 75.9 Å². The summed E-state index contributed by atoms with van der Waals surface area (Å²) in [6.45, 7) is 0.823. The first-order valence-corrected chi connectivity index (χ1v) is 6.95. The highest BCUT2D eigenvalue weighted by atomic mass is 14.7.